The van der Waals surface area contributed by atoms with Crippen molar-refractivity contribution in [1.82, 2.24) is 4.98 Å². The van der Waals surface area contributed by atoms with Crippen LogP contribution in [-0.4, -0.2) is 17.4 Å². The summed E-state index contributed by atoms with van der Waals surface area (Å²) in [5, 5.41) is 5.99. The maximum absolute atomic E-state index is 12.3. The van der Waals surface area contributed by atoms with Crippen molar-refractivity contribution in [2.45, 2.75) is 13.8 Å². The molecule has 0 atom stereocenters. The van der Waals surface area contributed by atoms with Crippen LogP contribution in [0, 0.1) is 6.92 Å². The van der Waals surface area contributed by atoms with Crippen LogP contribution in [0.5, 0.6) is 0 Å². The summed E-state index contributed by atoms with van der Waals surface area (Å²) in [4.78, 5) is 16.5. The highest BCUT2D eigenvalue weighted by atomic mass is 79.9. The quantitative estimate of drug-likeness (QED) is 0.893. The molecular formula is C15H16BrN3O. The fourth-order valence-corrected chi connectivity index (χ4v) is 2.03. The van der Waals surface area contributed by atoms with E-state index in [9.17, 15) is 4.79 Å². The molecule has 104 valence electrons. The Balaban J connectivity index is 2.21. The van der Waals surface area contributed by atoms with Crippen LogP contribution in [0.1, 0.15) is 22.8 Å². The van der Waals surface area contributed by atoms with Crippen molar-refractivity contribution in [3.05, 3.63) is 52.1 Å². The summed E-state index contributed by atoms with van der Waals surface area (Å²) in [6.45, 7) is 4.71. The Kier molecular flexibility index (Phi) is 4.74. The van der Waals surface area contributed by atoms with Gasteiger partial charge in [0.05, 0.1) is 5.56 Å². The van der Waals surface area contributed by atoms with Crippen molar-refractivity contribution >= 4 is 33.3 Å². The summed E-state index contributed by atoms with van der Waals surface area (Å²) >= 11 is 3.39. The standard InChI is InChI=1S/C15H16BrN3O/c1-3-17-13-7-5-4-6-11(13)15(20)19-14-8-10(2)12(16)9-18-14/h4-9,17H,3H2,1-2H3,(H,18,19,20). The molecule has 5 heteroatoms. The van der Waals surface area contributed by atoms with E-state index in [1.165, 1.54) is 0 Å². The van der Waals surface area contributed by atoms with Crippen molar-refractivity contribution in [2.75, 3.05) is 17.2 Å². The first-order chi connectivity index (χ1) is 9.61. The zero-order chi connectivity index (χ0) is 14.5. The van der Waals surface area contributed by atoms with Gasteiger partial charge in [-0.2, -0.15) is 0 Å². The molecule has 0 saturated carbocycles. The van der Waals surface area contributed by atoms with Crippen LogP contribution >= 0.6 is 15.9 Å². The normalized spacial score (nSPS) is 10.2. The molecule has 0 saturated heterocycles. The third kappa shape index (κ3) is 3.36. The smallest absolute Gasteiger partial charge is 0.258 e. The van der Waals surface area contributed by atoms with Gasteiger partial charge < -0.3 is 10.6 Å². The van der Waals surface area contributed by atoms with E-state index in [2.05, 4.69) is 31.5 Å². The first kappa shape index (κ1) is 14.5. The third-order valence-electron chi connectivity index (χ3n) is 2.83. The summed E-state index contributed by atoms with van der Waals surface area (Å²) in [6, 6.07) is 9.25. The average molecular weight is 334 g/mol. The van der Waals surface area contributed by atoms with E-state index >= 15 is 0 Å². The molecule has 1 heterocycles. The van der Waals surface area contributed by atoms with Crippen LogP contribution in [0.4, 0.5) is 11.5 Å². The van der Waals surface area contributed by atoms with Crippen molar-refractivity contribution in [3.63, 3.8) is 0 Å². The van der Waals surface area contributed by atoms with Crippen molar-refractivity contribution in [1.29, 1.82) is 0 Å². The van der Waals surface area contributed by atoms with E-state index in [0.29, 0.717) is 11.4 Å². The summed E-state index contributed by atoms with van der Waals surface area (Å²) < 4.78 is 0.920. The van der Waals surface area contributed by atoms with Crippen molar-refractivity contribution in [2.24, 2.45) is 0 Å². The van der Waals surface area contributed by atoms with Gasteiger partial charge in [0.25, 0.3) is 5.91 Å². The van der Waals surface area contributed by atoms with Gasteiger partial charge in [0.15, 0.2) is 0 Å². The maximum Gasteiger partial charge on any atom is 0.258 e. The highest BCUT2D eigenvalue weighted by Crippen LogP contribution is 2.19. The number of halogens is 1. The molecule has 1 aromatic carbocycles. The first-order valence-electron chi connectivity index (χ1n) is 6.38. The third-order valence-corrected chi connectivity index (χ3v) is 3.66. The van der Waals surface area contributed by atoms with Crippen LogP contribution < -0.4 is 10.6 Å². The summed E-state index contributed by atoms with van der Waals surface area (Å²) in [5.74, 6) is 0.373. The molecule has 2 rings (SSSR count). The molecule has 0 radical (unpaired) electrons. The number of benzene rings is 1. The van der Waals surface area contributed by atoms with Crippen molar-refractivity contribution < 1.29 is 4.79 Å². The molecule has 0 aliphatic rings. The van der Waals surface area contributed by atoms with Gasteiger partial charge in [0, 0.05) is 22.9 Å². The lowest BCUT2D eigenvalue weighted by atomic mass is 10.1. The van der Waals surface area contributed by atoms with Crippen LogP contribution in [0.2, 0.25) is 0 Å². The number of aryl methyl sites for hydroxylation is 1. The highest BCUT2D eigenvalue weighted by Gasteiger charge is 2.11. The predicted octanol–water partition coefficient (Wildman–Crippen LogP) is 3.84. The zero-order valence-electron chi connectivity index (χ0n) is 11.4. The molecule has 20 heavy (non-hydrogen) atoms. The van der Waals surface area contributed by atoms with Gasteiger partial charge in [-0.3, -0.25) is 4.79 Å². The average Bonchev–Trinajstić information content (AvgIpc) is 2.44. The van der Waals surface area contributed by atoms with Gasteiger partial charge >= 0.3 is 0 Å². The number of pyridine rings is 1. The molecule has 1 aromatic heterocycles. The number of nitrogens with one attached hydrogen (secondary N) is 2. The minimum atomic E-state index is -0.171. The second-order valence-corrected chi connectivity index (χ2v) is 5.20. The molecule has 0 unspecified atom stereocenters. The van der Waals surface area contributed by atoms with E-state index in [1.807, 2.05) is 38.1 Å². The Bertz CT molecular complexity index is 628. The first-order valence-corrected chi connectivity index (χ1v) is 7.17. The number of para-hydroxylation sites is 1. The minimum Gasteiger partial charge on any atom is -0.385 e. The van der Waals surface area contributed by atoms with Crippen LogP contribution in [0.3, 0.4) is 0 Å². The highest BCUT2D eigenvalue weighted by molar-refractivity contribution is 9.10. The number of aromatic nitrogens is 1. The van der Waals surface area contributed by atoms with E-state index in [4.69, 9.17) is 0 Å². The lowest BCUT2D eigenvalue weighted by Gasteiger charge is -2.11. The van der Waals surface area contributed by atoms with Gasteiger partial charge in [-0.15, -0.1) is 0 Å². The molecule has 4 nitrogen and oxygen atoms in total. The molecule has 0 spiro atoms. The molecular weight excluding hydrogens is 318 g/mol. The van der Waals surface area contributed by atoms with Gasteiger partial charge in [-0.05, 0) is 53.5 Å². The monoisotopic (exact) mass is 333 g/mol. The molecule has 0 fully saturated rings. The number of nitrogens with zero attached hydrogens (tertiary/aromatic N) is 1. The zero-order valence-corrected chi connectivity index (χ0v) is 13.0. The number of hydrogen-bond donors (Lipinski definition) is 2. The van der Waals surface area contributed by atoms with Crippen molar-refractivity contribution in [3.8, 4) is 0 Å². The molecule has 1 amide bonds. The Morgan fingerprint density at radius 2 is 2.10 bits per heavy atom. The minimum absolute atomic E-state index is 0.171. The van der Waals surface area contributed by atoms with Crippen LogP contribution in [-0.2, 0) is 0 Å². The van der Waals surface area contributed by atoms with E-state index in [0.717, 1.165) is 22.3 Å². The summed E-state index contributed by atoms with van der Waals surface area (Å²) in [6.07, 6.45) is 1.68. The fraction of sp³-hybridized carbons (Fsp3) is 0.200. The van der Waals surface area contributed by atoms with E-state index in [1.54, 1.807) is 12.3 Å². The number of amides is 1. The Hall–Kier alpha value is -1.88. The van der Waals surface area contributed by atoms with Gasteiger partial charge in [0.1, 0.15) is 5.82 Å². The van der Waals surface area contributed by atoms with Crippen LogP contribution in [0.15, 0.2) is 41.0 Å². The molecule has 0 aliphatic heterocycles. The maximum atomic E-state index is 12.3. The number of carbonyl (C=O) groups excluding carboxylic acids is 1. The van der Waals surface area contributed by atoms with Gasteiger partial charge in [0.2, 0.25) is 0 Å². The van der Waals surface area contributed by atoms with Crippen LogP contribution in [0.25, 0.3) is 0 Å². The molecule has 2 N–H and O–H groups in total. The Morgan fingerprint density at radius 1 is 1.35 bits per heavy atom. The van der Waals surface area contributed by atoms with Gasteiger partial charge in [-0.25, -0.2) is 4.98 Å². The SMILES string of the molecule is CCNc1ccccc1C(=O)Nc1cc(C)c(Br)cn1. The predicted molar refractivity (Wildman–Crippen MR) is 85.2 cm³/mol. The Labute approximate surface area is 126 Å². The summed E-state index contributed by atoms with van der Waals surface area (Å²) in [5.41, 5.74) is 2.45. The van der Waals surface area contributed by atoms with Gasteiger partial charge in [-0.1, -0.05) is 12.1 Å². The lowest BCUT2D eigenvalue weighted by Crippen LogP contribution is -2.15. The number of rotatable bonds is 4. The number of hydrogen-bond acceptors (Lipinski definition) is 3. The lowest BCUT2D eigenvalue weighted by molar-refractivity contribution is 0.102. The molecule has 0 bridgehead atoms. The molecule has 2 aromatic rings. The number of carbonyl (C=O) groups is 1. The largest absolute Gasteiger partial charge is 0.385 e. The summed E-state index contributed by atoms with van der Waals surface area (Å²) in [7, 11) is 0. The fourth-order valence-electron chi connectivity index (χ4n) is 1.82. The number of anilines is 2. The second kappa shape index (κ2) is 6.52. The Morgan fingerprint density at radius 3 is 2.80 bits per heavy atom. The molecule has 0 aliphatic carbocycles. The second-order valence-electron chi connectivity index (χ2n) is 4.35. The van der Waals surface area contributed by atoms with E-state index < -0.39 is 0 Å². The van der Waals surface area contributed by atoms with E-state index in [-0.39, 0.29) is 5.91 Å². The topological polar surface area (TPSA) is 54.0 Å².